The Morgan fingerprint density at radius 1 is 1.07 bits per heavy atom. The van der Waals surface area contributed by atoms with Gasteiger partial charge in [0.15, 0.2) is 11.5 Å². The fourth-order valence-corrected chi connectivity index (χ4v) is 2.85. The molecule has 0 saturated carbocycles. The van der Waals surface area contributed by atoms with Gasteiger partial charge in [0.05, 0.1) is 7.11 Å². The molecule has 148 valence electrons. The molecule has 2 aromatic rings. The smallest absolute Gasteiger partial charge is 0.251 e. The van der Waals surface area contributed by atoms with Crippen molar-refractivity contribution in [1.82, 2.24) is 10.6 Å². The number of hydrogen-bond acceptors (Lipinski definition) is 5. The van der Waals surface area contributed by atoms with Gasteiger partial charge in [0, 0.05) is 12.1 Å². The first-order valence-electron chi connectivity index (χ1n) is 9.09. The predicted octanol–water partition coefficient (Wildman–Crippen LogP) is 2.49. The molecular weight excluding hydrogens is 360 g/mol. The molecule has 0 unspecified atom stereocenters. The summed E-state index contributed by atoms with van der Waals surface area (Å²) < 4.78 is 15.7. The number of amides is 2. The van der Waals surface area contributed by atoms with Crippen LogP contribution in [0.1, 0.15) is 29.8 Å². The van der Waals surface area contributed by atoms with Crippen LogP contribution in [-0.4, -0.2) is 31.8 Å². The molecule has 1 atom stereocenters. The lowest BCUT2D eigenvalue weighted by molar-refractivity contribution is -0.124. The van der Waals surface area contributed by atoms with E-state index in [0.29, 0.717) is 29.4 Å². The van der Waals surface area contributed by atoms with Crippen molar-refractivity contribution in [2.45, 2.75) is 26.4 Å². The highest BCUT2D eigenvalue weighted by Gasteiger charge is 2.24. The van der Waals surface area contributed by atoms with Crippen molar-refractivity contribution in [1.29, 1.82) is 0 Å². The third-order valence-electron chi connectivity index (χ3n) is 4.49. The van der Waals surface area contributed by atoms with Crippen molar-refractivity contribution in [3.8, 4) is 17.2 Å². The number of nitrogens with one attached hydrogen (secondary N) is 2. The highest BCUT2D eigenvalue weighted by molar-refractivity contribution is 5.97. The molecule has 0 spiro atoms. The zero-order valence-electron chi connectivity index (χ0n) is 16.2. The summed E-state index contributed by atoms with van der Waals surface area (Å²) in [7, 11) is 1.56. The molecule has 0 bridgehead atoms. The van der Waals surface area contributed by atoms with Crippen LogP contribution in [0.4, 0.5) is 0 Å². The molecule has 28 heavy (non-hydrogen) atoms. The Labute approximate surface area is 164 Å². The van der Waals surface area contributed by atoms with E-state index in [9.17, 15) is 9.59 Å². The quantitative estimate of drug-likeness (QED) is 0.766. The molecule has 0 saturated heterocycles. The van der Waals surface area contributed by atoms with E-state index in [2.05, 4.69) is 10.6 Å². The molecule has 7 heteroatoms. The van der Waals surface area contributed by atoms with Crippen molar-refractivity contribution >= 4 is 11.8 Å². The average molecular weight is 384 g/mol. The zero-order valence-corrected chi connectivity index (χ0v) is 16.2. The first-order chi connectivity index (χ1) is 13.5. The first kappa shape index (κ1) is 19.5. The minimum atomic E-state index is -0.649. The summed E-state index contributed by atoms with van der Waals surface area (Å²) in [6.45, 7) is 4.31. The van der Waals surface area contributed by atoms with Gasteiger partial charge in [0.25, 0.3) is 5.91 Å². The minimum Gasteiger partial charge on any atom is -0.497 e. The van der Waals surface area contributed by atoms with Gasteiger partial charge in [-0.25, -0.2) is 0 Å². The second-order valence-corrected chi connectivity index (χ2v) is 6.83. The first-order valence-corrected chi connectivity index (χ1v) is 9.09. The molecule has 1 aliphatic heterocycles. The normalized spacial score (nSPS) is 13.1. The number of benzene rings is 2. The van der Waals surface area contributed by atoms with Crippen LogP contribution in [-0.2, 0) is 11.3 Å². The van der Waals surface area contributed by atoms with Crippen LogP contribution in [0.25, 0.3) is 0 Å². The minimum absolute atomic E-state index is 0.0704. The van der Waals surface area contributed by atoms with E-state index in [1.54, 1.807) is 31.4 Å². The summed E-state index contributed by atoms with van der Waals surface area (Å²) in [4.78, 5) is 25.2. The average Bonchev–Trinajstić information content (AvgIpc) is 3.17. The zero-order chi connectivity index (χ0) is 20.1. The molecule has 3 rings (SSSR count). The summed E-state index contributed by atoms with van der Waals surface area (Å²) in [5, 5.41) is 5.69. The van der Waals surface area contributed by atoms with Gasteiger partial charge in [0.1, 0.15) is 11.8 Å². The highest BCUT2D eigenvalue weighted by Crippen LogP contribution is 2.32. The van der Waals surface area contributed by atoms with E-state index in [1.807, 2.05) is 32.0 Å². The van der Waals surface area contributed by atoms with Crippen LogP contribution in [0.3, 0.4) is 0 Å². The van der Waals surface area contributed by atoms with E-state index >= 15 is 0 Å². The number of rotatable bonds is 7. The Bertz CT molecular complexity index is 848. The molecule has 0 radical (unpaired) electrons. The number of fused-ring (bicyclic) bond motifs is 1. The molecule has 7 nitrogen and oxygen atoms in total. The maximum atomic E-state index is 12.7. The number of carbonyl (C=O) groups excluding carboxylic acids is 2. The summed E-state index contributed by atoms with van der Waals surface area (Å²) in [5.41, 5.74) is 1.36. The van der Waals surface area contributed by atoms with Gasteiger partial charge in [0.2, 0.25) is 12.7 Å². The summed E-state index contributed by atoms with van der Waals surface area (Å²) in [5.74, 6) is 1.41. The lowest BCUT2D eigenvalue weighted by atomic mass is 10.0. The van der Waals surface area contributed by atoms with Crippen molar-refractivity contribution in [2.24, 2.45) is 5.92 Å². The summed E-state index contributed by atoms with van der Waals surface area (Å²) >= 11 is 0. The number of methoxy groups -OCH3 is 1. The molecular formula is C21H24N2O5. The van der Waals surface area contributed by atoms with E-state index in [0.717, 1.165) is 5.56 Å². The largest absolute Gasteiger partial charge is 0.497 e. The molecule has 0 aliphatic carbocycles. The van der Waals surface area contributed by atoms with Gasteiger partial charge < -0.3 is 24.8 Å². The van der Waals surface area contributed by atoms with E-state index in [1.165, 1.54) is 0 Å². The van der Waals surface area contributed by atoms with Crippen molar-refractivity contribution in [3.63, 3.8) is 0 Å². The highest BCUT2D eigenvalue weighted by atomic mass is 16.7. The number of ether oxygens (including phenoxy) is 3. The molecule has 0 fully saturated rings. The fraction of sp³-hybridized carbons (Fsp3) is 0.333. The second kappa shape index (κ2) is 8.65. The number of carbonyl (C=O) groups is 2. The SMILES string of the molecule is COc1ccc(C(=O)N[C@H](C(=O)NCc2ccc3c(c2)OCO3)C(C)C)cc1. The van der Waals surface area contributed by atoms with Crippen LogP contribution in [0.15, 0.2) is 42.5 Å². The van der Waals surface area contributed by atoms with Crippen LogP contribution in [0, 0.1) is 5.92 Å². The Morgan fingerprint density at radius 2 is 1.79 bits per heavy atom. The van der Waals surface area contributed by atoms with E-state index < -0.39 is 6.04 Å². The van der Waals surface area contributed by atoms with E-state index in [4.69, 9.17) is 14.2 Å². The van der Waals surface area contributed by atoms with Crippen LogP contribution >= 0.6 is 0 Å². The van der Waals surface area contributed by atoms with Crippen molar-refractivity contribution in [2.75, 3.05) is 13.9 Å². The second-order valence-electron chi connectivity index (χ2n) is 6.83. The Morgan fingerprint density at radius 3 is 2.46 bits per heavy atom. The standard InChI is InChI=1S/C21H24N2O5/c1-13(2)19(23-20(24)15-5-7-16(26-3)8-6-15)21(25)22-11-14-4-9-17-18(10-14)28-12-27-17/h4-10,13,19H,11-12H2,1-3H3,(H,22,25)(H,23,24)/t19-/m0/s1. The Kier molecular flexibility index (Phi) is 6.03. The molecule has 0 aromatic heterocycles. The summed E-state index contributed by atoms with van der Waals surface area (Å²) in [6.07, 6.45) is 0. The van der Waals surface area contributed by atoms with Crippen molar-refractivity contribution < 1.29 is 23.8 Å². The van der Waals surface area contributed by atoms with Crippen LogP contribution in [0.2, 0.25) is 0 Å². The van der Waals surface area contributed by atoms with Crippen molar-refractivity contribution in [3.05, 3.63) is 53.6 Å². The predicted molar refractivity (Wildman–Crippen MR) is 103 cm³/mol. The summed E-state index contributed by atoms with van der Waals surface area (Å²) in [6, 6.07) is 11.6. The third-order valence-corrected chi connectivity index (χ3v) is 4.49. The Hall–Kier alpha value is -3.22. The van der Waals surface area contributed by atoms with Gasteiger partial charge in [-0.2, -0.15) is 0 Å². The number of hydrogen-bond donors (Lipinski definition) is 2. The monoisotopic (exact) mass is 384 g/mol. The topological polar surface area (TPSA) is 85.9 Å². The van der Waals surface area contributed by atoms with Gasteiger partial charge in [-0.05, 0) is 47.9 Å². The lowest BCUT2D eigenvalue weighted by Crippen LogP contribution is -2.49. The van der Waals surface area contributed by atoms with E-state index in [-0.39, 0.29) is 24.5 Å². The maximum Gasteiger partial charge on any atom is 0.251 e. The molecule has 2 N–H and O–H groups in total. The third kappa shape index (κ3) is 4.54. The van der Waals surface area contributed by atoms with Gasteiger partial charge in [-0.1, -0.05) is 19.9 Å². The maximum absolute atomic E-state index is 12.7. The van der Waals surface area contributed by atoms with Gasteiger partial charge >= 0.3 is 0 Å². The molecule has 2 amide bonds. The lowest BCUT2D eigenvalue weighted by Gasteiger charge is -2.22. The fourth-order valence-electron chi connectivity index (χ4n) is 2.85. The molecule has 1 heterocycles. The van der Waals surface area contributed by atoms with Crippen LogP contribution in [0.5, 0.6) is 17.2 Å². The van der Waals surface area contributed by atoms with Gasteiger partial charge in [-0.15, -0.1) is 0 Å². The van der Waals surface area contributed by atoms with Crippen LogP contribution < -0.4 is 24.8 Å². The molecule has 1 aliphatic rings. The van der Waals surface area contributed by atoms with Gasteiger partial charge in [-0.3, -0.25) is 9.59 Å². The molecule has 2 aromatic carbocycles. The Balaban J connectivity index is 1.60.